The maximum Gasteiger partial charge on any atom is 0.255 e. The van der Waals surface area contributed by atoms with Crippen molar-refractivity contribution < 1.29 is 4.79 Å². The summed E-state index contributed by atoms with van der Waals surface area (Å²) in [4.78, 5) is 21.0. The summed E-state index contributed by atoms with van der Waals surface area (Å²) in [5.41, 5.74) is 0.709. The van der Waals surface area contributed by atoms with Gasteiger partial charge in [0.05, 0.1) is 5.56 Å². The number of carbonyl (C=O) groups is 1. The minimum Gasteiger partial charge on any atom is -0.338 e. The second-order valence-corrected chi connectivity index (χ2v) is 6.64. The van der Waals surface area contributed by atoms with Crippen molar-refractivity contribution >= 4 is 17.7 Å². The van der Waals surface area contributed by atoms with Gasteiger partial charge in [-0.2, -0.15) is 11.8 Å². The Morgan fingerprint density at radius 3 is 2.60 bits per heavy atom. The highest BCUT2D eigenvalue weighted by atomic mass is 32.2. The van der Waals surface area contributed by atoms with Crippen LogP contribution in [0.5, 0.6) is 0 Å². The monoisotopic (exact) mass is 291 g/mol. The van der Waals surface area contributed by atoms with E-state index in [0.717, 1.165) is 25.9 Å². The van der Waals surface area contributed by atoms with Crippen molar-refractivity contribution in [3.05, 3.63) is 30.1 Å². The predicted molar refractivity (Wildman–Crippen MR) is 82.1 cm³/mol. The molecule has 2 fully saturated rings. The molecule has 1 aromatic rings. The number of pyridine rings is 1. The molecular weight excluding hydrogens is 270 g/mol. The van der Waals surface area contributed by atoms with Crippen LogP contribution < -0.4 is 0 Å². The Labute approximate surface area is 124 Å². The first-order chi connectivity index (χ1) is 9.84. The van der Waals surface area contributed by atoms with Gasteiger partial charge in [0.2, 0.25) is 0 Å². The zero-order valence-electron chi connectivity index (χ0n) is 11.7. The first kappa shape index (κ1) is 13.9. The molecule has 0 bridgehead atoms. The first-order valence-electron chi connectivity index (χ1n) is 7.36. The summed E-state index contributed by atoms with van der Waals surface area (Å²) < 4.78 is 0. The SMILES string of the molecule is O=C(c1cccnc1)N1CCC(N2CCSCC2)CC1. The van der Waals surface area contributed by atoms with E-state index in [1.165, 1.54) is 24.6 Å². The fourth-order valence-electron chi connectivity index (χ4n) is 3.05. The van der Waals surface area contributed by atoms with Crippen LogP contribution in [0.3, 0.4) is 0 Å². The highest BCUT2D eigenvalue weighted by Gasteiger charge is 2.28. The van der Waals surface area contributed by atoms with Gasteiger partial charge in [0.25, 0.3) is 5.91 Å². The molecular formula is C15H21N3OS. The number of likely N-dealkylation sites (tertiary alicyclic amines) is 1. The minimum absolute atomic E-state index is 0.130. The maximum atomic E-state index is 12.4. The molecule has 2 aliphatic heterocycles. The van der Waals surface area contributed by atoms with Crippen LogP contribution in [0.2, 0.25) is 0 Å². The fourth-order valence-corrected chi connectivity index (χ4v) is 3.98. The van der Waals surface area contributed by atoms with Crippen LogP contribution in [0, 0.1) is 0 Å². The summed E-state index contributed by atoms with van der Waals surface area (Å²) >= 11 is 2.05. The Balaban J connectivity index is 1.54. The van der Waals surface area contributed by atoms with Crippen molar-refractivity contribution in [3.63, 3.8) is 0 Å². The number of hydrogen-bond acceptors (Lipinski definition) is 4. The van der Waals surface area contributed by atoms with E-state index in [1.807, 2.05) is 17.0 Å². The van der Waals surface area contributed by atoms with Gasteiger partial charge in [-0.1, -0.05) is 0 Å². The maximum absolute atomic E-state index is 12.4. The lowest BCUT2D eigenvalue weighted by Crippen LogP contribution is -2.49. The van der Waals surface area contributed by atoms with Crippen molar-refractivity contribution in [2.45, 2.75) is 18.9 Å². The van der Waals surface area contributed by atoms with E-state index in [1.54, 1.807) is 12.4 Å². The Kier molecular flexibility index (Phi) is 4.58. The molecule has 20 heavy (non-hydrogen) atoms. The van der Waals surface area contributed by atoms with E-state index in [-0.39, 0.29) is 5.91 Å². The summed E-state index contributed by atoms with van der Waals surface area (Å²) in [5, 5.41) is 0. The molecule has 3 heterocycles. The number of piperidine rings is 1. The molecule has 0 atom stereocenters. The molecule has 3 rings (SSSR count). The number of rotatable bonds is 2. The van der Waals surface area contributed by atoms with Crippen molar-refractivity contribution in [1.82, 2.24) is 14.8 Å². The van der Waals surface area contributed by atoms with Gasteiger partial charge >= 0.3 is 0 Å². The van der Waals surface area contributed by atoms with Gasteiger partial charge in [0.15, 0.2) is 0 Å². The number of nitrogens with zero attached hydrogens (tertiary/aromatic N) is 3. The van der Waals surface area contributed by atoms with E-state index in [2.05, 4.69) is 21.6 Å². The Bertz CT molecular complexity index is 440. The molecule has 0 unspecified atom stereocenters. The van der Waals surface area contributed by atoms with E-state index < -0.39 is 0 Å². The fraction of sp³-hybridized carbons (Fsp3) is 0.600. The molecule has 1 amide bonds. The zero-order valence-corrected chi connectivity index (χ0v) is 12.5. The number of thioether (sulfide) groups is 1. The van der Waals surface area contributed by atoms with Crippen LogP contribution in [-0.2, 0) is 0 Å². The van der Waals surface area contributed by atoms with Crippen LogP contribution >= 0.6 is 11.8 Å². The van der Waals surface area contributed by atoms with Gasteiger partial charge in [0.1, 0.15) is 0 Å². The van der Waals surface area contributed by atoms with E-state index >= 15 is 0 Å². The summed E-state index contributed by atoms with van der Waals surface area (Å²) in [7, 11) is 0. The lowest BCUT2D eigenvalue weighted by molar-refractivity contribution is 0.0630. The van der Waals surface area contributed by atoms with E-state index in [9.17, 15) is 4.79 Å². The lowest BCUT2D eigenvalue weighted by Gasteiger charge is -2.40. The van der Waals surface area contributed by atoms with E-state index in [4.69, 9.17) is 0 Å². The molecule has 2 saturated heterocycles. The quantitative estimate of drug-likeness (QED) is 0.831. The number of carbonyl (C=O) groups excluding carboxylic acids is 1. The average molecular weight is 291 g/mol. The standard InChI is InChI=1S/C15H21N3OS/c19-15(13-2-1-5-16-12-13)18-6-3-14(4-7-18)17-8-10-20-11-9-17/h1-2,5,12,14H,3-4,6-11H2. The van der Waals surface area contributed by atoms with Gasteiger partial charge in [-0.15, -0.1) is 0 Å². The molecule has 0 spiro atoms. The smallest absolute Gasteiger partial charge is 0.255 e. The van der Waals surface area contributed by atoms with Crippen LogP contribution in [-0.4, -0.2) is 64.4 Å². The molecule has 0 aliphatic carbocycles. The summed E-state index contributed by atoms with van der Waals surface area (Å²) in [5.74, 6) is 2.65. The second-order valence-electron chi connectivity index (χ2n) is 5.41. The molecule has 5 heteroatoms. The average Bonchev–Trinajstić information content (AvgIpc) is 2.56. The van der Waals surface area contributed by atoms with Gasteiger partial charge < -0.3 is 4.90 Å². The number of aromatic nitrogens is 1. The Morgan fingerprint density at radius 1 is 1.20 bits per heavy atom. The first-order valence-corrected chi connectivity index (χ1v) is 8.51. The second kappa shape index (κ2) is 6.59. The Hall–Kier alpha value is -1.07. The largest absolute Gasteiger partial charge is 0.338 e. The number of amides is 1. The third kappa shape index (κ3) is 3.15. The van der Waals surface area contributed by atoms with Gasteiger partial charge in [0, 0.05) is 56.1 Å². The highest BCUT2D eigenvalue weighted by Crippen LogP contribution is 2.21. The molecule has 0 saturated carbocycles. The predicted octanol–water partition coefficient (Wildman–Crippen LogP) is 1.73. The van der Waals surface area contributed by atoms with Gasteiger partial charge in [-0.25, -0.2) is 0 Å². The molecule has 4 nitrogen and oxygen atoms in total. The van der Waals surface area contributed by atoms with Gasteiger partial charge in [-0.05, 0) is 25.0 Å². The minimum atomic E-state index is 0.130. The van der Waals surface area contributed by atoms with E-state index in [0.29, 0.717) is 11.6 Å². The number of hydrogen-bond donors (Lipinski definition) is 0. The van der Waals surface area contributed by atoms with Gasteiger partial charge in [-0.3, -0.25) is 14.7 Å². The normalized spacial score (nSPS) is 21.9. The third-order valence-electron chi connectivity index (χ3n) is 4.22. The summed E-state index contributed by atoms with van der Waals surface area (Å²) in [6.45, 7) is 4.18. The van der Waals surface area contributed by atoms with Crippen molar-refractivity contribution in [1.29, 1.82) is 0 Å². The lowest BCUT2D eigenvalue weighted by atomic mass is 10.0. The molecule has 2 aliphatic rings. The van der Waals surface area contributed by atoms with Crippen LogP contribution in [0.15, 0.2) is 24.5 Å². The Morgan fingerprint density at radius 2 is 1.95 bits per heavy atom. The topological polar surface area (TPSA) is 36.4 Å². The van der Waals surface area contributed by atoms with Crippen LogP contribution in [0.1, 0.15) is 23.2 Å². The van der Waals surface area contributed by atoms with Crippen molar-refractivity contribution in [2.24, 2.45) is 0 Å². The molecule has 0 radical (unpaired) electrons. The van der Waals surface area contributed by atoms with Crippen LogP contribution in [0.25, 0.3) is 0 Å². The van der Waals surface area contributed by atoms with Crippen LogP contribution in [0.4, 0.5) is 0 Å². The molecule has 108 valence electrons. The molecule has 0 aromatic carbocycles. The third-order valence-corrected chi connectivity index (χ3v) is 5.16. The zero-order chi connectivity index (χ0) is 13.8. The summed E-state index contributed by atoms with van der Waals surface area (Å²) in [6.07, 6.45) is 5.58. The van der Waals surface area contributed by atoms with Crippen molar-refractivity contribution in [3.8, 4) is 0 Å². The van der Waals surface area contributed by atoms with Crippen molar-refractivity contribution in [2.75, 3.05) is 37.7 Å². The highest BCUT2D eigenvalue weighted by molar-refractivity contribution is 7.99. The molecule has 0 N–H and O–H groups in total. The summed E-state index contributed by atoms with van der Waals surface area (Å²) in [6, 6.07) is 4.35. The molecule has 1 aromatic heterocycles.